The molecule has 0 aliphatic rings. The molecule has 1 aromatic heterocycles. The van der Waals surface area contributed by atoms with Gasteiger partial charge in [0.15, 0.2) is 5.96 Å². The summed E-state index contributed by atoms with van der Waals surface area (Å²) in [5, 5.41) is 11.3. The second kappa shape index (κ2) is 11.8. The fourth-order valence-electron chi connectivity index (χ4n) is 1.47. The predicted octanol–water partition coefficient (Wildman–Crippen LogP) is 2.19. The quantitative estimate of drug-likeness (QED) is 0.272. The first-order valence-electron chi connectivity index (χ1n) is 6.95. The van der Waals surface area contributed by atoms with Crippen molar-refractivity contribution < 1.29 is 4.79 Å². The number of aliphatic imine (C=N–C) groups is 1. The van der Waals surface area contributed by atoms with E-state index in [4.69, 9.17) is 0 Å². The van der Waals surface area contributed by atoms with Crippen molar-refractivity contribution in [3.05, 3.63) is 22.4 Å². The van der Waals surface area contributed by atoms with Crippen molar-refractivity contribution >= 4 is 47.2 Å². The minimum absolute atomic E-state index is 0. The molecule has 0 aliphatic heterocycles. The number of halogens is 1. The maximum Gasteiger partial charge on any atom is 0.222 e. The molecule has 5 nitrogen and oxygen atoms in total. The molecule has 7 heteroatoms. The van der Waals surface area contributed by atoms with Crippen molar-refractivity contribution in [3.8, 4) is 0 Å². The number of carbonyl (C=O) groups excluding carboxylic acids is 1. The van der Waals surface area contributed by atoms with Crippen molar-refractivity contribution in [2.24, 2.45) is 10.9 Å². The summed E-state index contributed by atoms with van der Waals surface area (Å²) >= 11 is 1.70. The number of nitrogens with zero attached hydrogens (tertiary/aromatic N) is 1. The van der Waals surface area contributed by atoms with Gasteiger partial charge in [0.05, 0.1) is 6.54 Å². The lowest BCUT2D eigenvalue weighted by atomic mass is 10.2. The average molecular weight is 424 g/mol. The highest BCUT2D eigenvalue weighted by molar-refractivity contribution is 14.0. The largest absolute Gasteiger partial charge is 0.357 e. The van der Waals surface area contributed by atoms with Crippen molar-refractivity contribution in [3.63, 3.8) is 0 Å². The second-order valence-corrected chi connectivity index (χ2v) is 5.68. The van der Waals surface area contributed by atoms with Crippen LogP contribution in [0.25, 0.3) is 0 Å². The van der Waals surface area contributed by atoms with Gasteiger partial charge in [-0.1, -0.05) is 19.9 Å². The summed E-state index contributed by atoms with van der Waals surface area (Å²) in [6.07, 6.45) is 0. The first-order chi connectivity index (χ1) is 9.63. The van der Waals surface area contributed by atoms with Crippen LogP contribution in [0.2, 0.25) is 0 Å². The van der Waals surface area contributed by atoms with Crippen LogP contribution in [0.15, 0.2) is 22.5 Å². The molecule has 0 radical (unpaired) electrons. The molecule has 0 spiro atoms. The first kappa shape index (κ1) is 20.2. The zero-order chi connectivity index (χ0) is 14.8. The number of guanidine groups is 1. The summed E-state index contributed by atoms with van der Waals surface area (Å²) in [6.45, 7) is 8.54. The van der Waals surface area contributed by atoms with E-state index < -0.39 is 0 Å². The van der Waals surface area contributed by atoms with Gasteiger partial charge in [0, 0.05) is 30.4 Å². The van der Waals surface area contributed by atoms with Gasteiger partial charge in [0.2, 0.25) is 5.91 Å². The third-order valence-corrected chi connectivity index (χ3v) is 3.42. The van der Waals surface area contributed by atoms with Gasteiger partial charge < -0.3 is 16.0 Å². The summed E-state index contributed by atoms with van der Waals surface area (Å²) in [6, 6.07) is 4.10. The lowest BCUT2D eigenvalue weighted by Crippen LogP contribution is -2.42. The summed E-state index contributed by atoms with van der Waals surface area (Å²) in [4.78, 5) is 17.1. The van der Waals surface area contributed by atoms with Gasteiger partial charge in [0.25, 0.3) is 0 Å². The van der Waals surface area contributed by atoms with Crippen LogP contribution in [0.5, 0.6) is 0 Å². The Morgan fingerprint density at radius 2 is 2.00 bits per heavy atom. The van der Waals surface area contributed by atoms with Crippen molar-refractivity contribution in [2.75, 3.05) is 19.6 Å². The predicted molar refractivity (Wildman–Crippen MR) is 100 cm³/mol. The van der Waals surface area contributed by atoms with Gasteiger partial charge in [0.1, 0.15) is 0 Å². The molecule has 1 amide bonds. The molecule has 0 bridgehead atoms. The molecule has 0 atom stereocenters. The van der Waals surface area contributed by atoms with E-state index in [1.807, 2.05) is 32.2 Å². The Morgan fingerprint density at radius 3 is 2.57 bits per heavy atom. The van der Waals surface area contributed by atoms with Crippen LogP contribution in [0.3, 0.4) is 0 Å². The van der Waals surface area contributed by atoms with Crippen LogP contribution < -0.4 is 16.0 Å². The van der Waals surface area contributed by atoms with E-state index in [0.717, 1.165) is 12.5 Å². The fraction of sp³-hybridized carbons (Fsp3) is 0.571. The first-order valence-corrected chi connectivity index (χ1v) is 7.83. The van der Waals surface area contributed by atoms with Gasteiger partial charge >= 0.3 is 0 Å². The number of hydrogen-bond donors (Lipinski definition) is 3. The summed E-state index contributed by atoms with van der Waals surface area (Å²) in [5.41, 5.74) is 0. The zero-order valence-electron chi connectivity index (χ0n) is 12.8. The highest BCUT2D eigenvalue weighted by atomic mass is 127. The molecule has 3 N–H and O–H groups in total. The third-order valence-electron chi connectivity index (χ3n) is 2.56. The van der Waals surface area contributed by atoms with Crippen LogP contribution in [0.1, 0.15) is 25.6 Å². The topological polar surface area (TPSA) is 65.5 Å². The van der Waals surface area contributed by atoms with Crippen LogP contribution >= 0.6 is 35.3 Å². The second-order valence-electron chi connectivity index (χ2n) is 4.65. The summed E-state index contributed by atoms with van der Waals surface area (Å²) < 4.78 is 0. The fourth-order valence-corrected chi connectivity index (χ4v) is 2.10. The van der Waals surface area contributed by atoms with Gasteiger partial charge in [-0.2, -0.15) is 0 Å². The van der Waals surface area contributed by atoms with Gasteiger partial charge in [-0.25, -0.2) is 4.99 Å². The number of rotatable bonds is 7. The molecule has 120 valence electrons. The van der Waals surface area contributed by atoms with Gasteiger partial charge in [-0.3, -0.25) is 4.79 Å². The number of carbonyl (C=O) groups is 1. The molecule has 1 aromatic rings. The molecular weight excluding hydrogens is 399 g/mol. The number of amides is 1. The highest BCUT2D eigenvalue weighted by Crippen LogP contribution is 2.09. The van der Waals surface area contributed by atoms with Gasteiger partial charge in [-0.05, 0) is 18.4 Å². The Kier molecular flexibility index (Phi) is 11.3. The molecule has 0 fully saturated rings. The molecule has 0 unspecified atom stereocenters. The normalized spacial score (nSPS) is 11.0. The highest BCUT2D eigenvalue weighted by Gasteiger charge is 2.05. The number of thiophene rings is 1. The molecule has 0 saturated carbocycles. The summed E-state index contributed by atoms with van der Waals surface area (Å²) in [7, 11) is 0. The van der Waals surface area contributed by atoms with Crippen molar-refractivity contribution in [1.82, 2.24) is 16.0 Å². The Balaban J connectivity index is 0.00000400. The van der Waals surface area contributed by atoms with E-state index in [0.29, 0.717) is 19.6 Å². The third kappa shape index (κ3) is 8.92. The van der Waals surface area contributed by atoms with Crippen LogP contribution in [-0.2, 0) is 11.3 Å². The van der Waals surface area contributed by atoms with Crippen molar-refractivity contribution in [2.45, 2.75) is 27.3 Å². The Bertz CT molecular complexity index is 421. The molecular formula is C14H25IN4OS. The molecule has 0 aliphatic carbocycles. The van der Waals surface area contributed by atoms with Crippen molar-refractivity contribution in [1.29, 1.82) is 0 Å². The Hall–Kier alpha value is -0.830. The molecule has 0 aromatic carbocycles. The standard InChI is InChI=1S/C14H24N4OS.HI/c1-4-15-14(18-10-12-6-5-9-20-12)17-8-7-16-13(19)11(2)3;/h5-6,9,11H,4,7-8,10H2,1-3H3,(H,16,19)(H2,15,17,18);1H. The smallest absolute Gasteiger partial charge is 0.222 e. The molecule has 0 saturated heterocycles. The van der Waals surface area contributed by atoms with Crippen LogP contribution in [0, 0.1) is 5.92 Å². The summed E-state index contributed by atoms with van der Waals surface area (Å²) in [5.74, 6) is 0.878. The minimum atomic E-state index is 0. The molecule has 1 heterocycles. The number of nitrogens with one attached hydrogen (secondary N) is 3. The Labute approximate surface area is 148 Å². The van der Waals surface area contributed by atoms with E-state index >= 15 is 0 Å². The van der Waals surface area contributed by atoms with E-state index in [1.165, 1.54) is 4.88 Å². The van der Waals surface area contributed by atoms with Crippen LogP contribution in [0.4, 0.5) is 0 Å². The van der Waals surface area contributed by atoms with E-state index in [2.05, 4.69) is 27.0 Å². The van der Waals surface area contributed by atoms with Gasteiger partial charge in [-0.15, -0.1) is 35.3 Å². The lowest BCUT2D eigenvalue weighted by Gasteiger charge is -2.12. The molecule has 1 rings (SSSR count). The maximum absolute atomic E-state index is 11.4. The van der Waals surface area contributed by atoms with E-state index in [9.17, 15) is 4.79 Å². The molecule has 21 heavy (non-hydrogen) atoms. The lowest BCUT2D eigenvalue weighted by molar-refractivity contribution is -0.123. The SMILES string of the molecule is CCNC(=NCc1cccs1)NCCNC(=O)C(C)C.I. The minimum Gasteiger partial charge on any atom is -0.357 e. The maximum atomic E-state index is 11.4. The van der Waals surface area contributed by atoms with E-state index in [-0.39, 0.29) is 35.8 Å². The monoisotopic (exact) mass is 424 g/mol. The number of hydrogen-bond acceptors (Lipinski definition) is 3. The Morgan fingerprint density at radius 1 is 1.29 bits per heavy atom. The average Bonchev–Trinajstić information content (AvgIpc) is 2.93. The van der Waals surface area contributed by atoms with Crippen LogP contribution in [-0.4, -0.2) is 31.5 Å². The van der Waals surface area contributed by atoms with E-state index in [1.54, 1.807) is 11.3 Å². The zero-order valence-corrected chi connectivity index (χ0v) is 16.0.